The number of carbonyl (C=O) groups excluding carboxylic acids is 1. The molecular weight excluding hydrogens is 230 g/mol. The van der Waals surface area contributed by atoms with E-state index in [0.29, 0.717) is 11.8 Å². The van der Waals surface area contributed by atoms with E-state index in [1.165, 1.54) is 12.8 Å². The van der Waals surface area contributed by atoms with Gasteiger partial charge in [0.1, 0.15) is 0 Å². The van der Waals surface area contributed by atoms with E-state index >= 15 is 0 Å². The van der Waals surface area contributed by atoms with Crippen LogP contribution in [-0.2, 0) is 4.79 Å². The average Bonchev–Trinajstić information content (AvgIpc) is 2.69. The molecule has 2 saturated carbocycles. The maximum Gasteiger partial charge on any atom is 0.223 e. The standard InChI is InChI=1S/C10H16BrNO/c11-7-10(5-6-10)12-9(13)8-3-1-2-4-8/h8H,1-7H2,(H,12,13). The van der Waals surface area contributed by atoms with E-state index in [0.717, 1.165) is 31.0 Å². The van der Waals surface area contributed by atoms with E-state index in [-0.39, 0.29) is 5.54 Å². The maximum absolute atomic E-state index is 11.7. The highest BCUT2D eigenvalue weighted by molar-refractivity contribution is 9.09. The Morgan fingerprint density at radius 2 is 2.00 bits per heavy atom. The fourth-order valence-corrected chi connectivity index (χ4v) is 2.70. The van der Waals surface area contributed by atoms with Crippen molar-refractivity contribution in [2.24, 2.45) is 5.92 Å². The Morgan fingerprint density at radius 3 is 2.46 bits per heavy atom. The predicted octanol–water partition coefficient (Wildman–Crippen LogP) is 2.22. The van der Waals surface area contributed by atoms with Gasteiger partial charge >= 0.3 is 0 Å². The molecule has 0 heterocycles. The van der Waals surface area contributed by atoms with Crippen LogP contribution in [0.5, 0.6) is 0 Å². The summed E-state index contributed by atoms with van der Waals surface area (Å²) in [6.45, 7) is 0. The second kappa shape index (κ2) is 3.60. The van der Waals surface area contributed by atoms with Crippen molar-refractivity contribution >= 4 is 21.8 Å². The lowest BCUT2D eigenvalue weighted by atomic mass is 10.1. The van der Waals surface area contributed by atoms with Crippen molar-refractivity contribution in [1.82, 2.24) is 5.32 Å². The van der Waals surface area contributed by atoms with Gasteiger partial charge in [0.25, 0.3) is 0 Å². The predicted molar refractivity (Wildman–Crippen MR) is 55.9 cm³/mol. The van der Waals surface area contributed by atoms with Gasteiger partial charge in [-0.05, 0) is 25.7 Å². The van der Waals surface area contributed by atoms with Crippen LogP contribution in [0.2, 0.25) is 0 Å². The van der Waals surface area contributed by atoms with Gasteiger partial charge in [-0.15, -0.1) is 0 Å². The largest absolute Gasteiger partial charge is 0.350 e. The van der Waals surface area contributed by atoms with Crippen LogP contribution in [0.3, 0.4) is 0 Å². The molecule has 0 bridgehead atoms. The normalized spacial score (nSPS) is 25.9. The Labute approximate surface area is 87.6 Å². The van der Waals surface area contributed by atoms with Crippen molar-refractivity contribution in [3.05, 3.63) is 0 Å². The van der Waals surface area contributed by atoms with Gasteiger partial charge in [-0.2, -0.15) is 0 Å². The van der Waals surface area contributed by atoms with Crippen molar-refractivity contribution in [2.75, 3.05) is 5.33 Å². The molecule has 2 rings (SSSR count). The molecule has 2 nitrogen and oxygen atoms in total. The van der Waals surface area contributed by atoms with Crippen LogP contribution in [0, 0.1) is 5.92 Å². The highest BCUT2D eigenvalue weighted by Gasteiger charge is 2.43. The molecule has 0 aliphatic heterocycles. The van der Waals surface area contributed by atoms with E-state index < -0.39 is 0 Å². The van der Waals surface area contributed by atoms with Crippen LogP contribution in [-0.4, -0.2) is 16.8 Å². The minimum Gasteiger partial charge on any atom is -0.350 e. The lowest BCUT2D eigenvalue weighted by Gasteiger charge is -2.17. The molecule has 1 N–H and O–H groups in total. The Bertz CT molecular complexity index is 207. The fourth-order valence-electron chi connectivity index (χ4n) is 1.99. The summed E-state index contributed by atoms with van der Waals surface area (Å²) in [6, 6.07) is 0. The first-order valence-electron chi connectivity index (χ1n) is 5.14. The van der Waals surface area contributed by atoms with Gasteiger partial charge in [-0.1, -0.05) is 28.8 Å². The zero-order valence-electron chi connectivity index (χ0n) is 7.81. The Kier molecular flexibility index (Phi) is 2.63. The Morgan fingerprint density at radius 1 is 1.38 bits per heavy atom. The zero-order chi connectivity index (χ0) is 9.31. The van der Waals surface area contributed by atoms with E-state index in [9.17, 15) is 4.79 Å². The summed E-state index contributed by atoms with van der Waals surface area (Å²) in [5.41, 5.74) is 0.139. The van der Waals surface area contributed by atoms with Gasteiger partial charge in [0.2, 0.25) is 5.91 Å². The second-order valence-corrected chi connectivity index (χ2v) is 4.95. The smallest absolute Gasteiger partial charge is 0.223 e. The lowest BCUT2D eigenvalue weighted by Crippen LogP contribution is -2.41. The summed E-state index contributed by atoms with van der Waals surface area (Å²) < 4.78 is 0. The molecule has 2 aliphatic rings. The van der Waals surface area contributed by atoms with Crippen LogP contribution >= 0.6 is 15.9 Å². The minimum atomic E-state index is 0.139. The first-order valence-corrected chi connectivity index (χ1v) is 6.26. The summed E-state index contributed by atoms with van der Waals surface area (Å²) in [6.07, 6.45) is 6.97. The first kappa shape index (κ1) is 9.50. The molecule has 0 aromatic carbocycles. The van der Waals surface area contributed by atoms with E-state index in [1.807, 2.05) is 0 Å². The average molecular weight is 246 g/mol. The second-order valence-electron chi connectivity index (χ2n) is 4.38. The van der Waals surface area contributed by atoms with Crippen LogP contribution in [0.15, 0.2) is 0 Å². The van der Waals surface area contributed by atoms with E-state index in [4.69, 9.17) is 0 Å². The number of rotatable bonds is 3. The lowest BCUT2D eigenvalue weighted by molar-refractivity contribution is -0.125. The molecule has 0 aromatic rings. The molecule has 13 heavy (non-hydrogen) atoms. The van der Waals surface area contributed by atoms with Crippen LogP contribution in [0.1, 0.15) is 38.5 Å². The van der Waals surface area contributed by atoms with Crippen LogP contribution < -0.4 is 5.32 Å². The highest BCUT2D eigenvalue weighted by Crippen LogP contribution is 2.38. The molecule has 3 heteroatoms. The molecule has 0 atom stereocenters. The third kappa shape index (κ3) is 2.06. The molecule has 0 unspecified atom stereocenters. The summed E-state index contributed by atoms with van der Waals surface area (Å²) in [4.78, 5) is 11.7. The number of alkyl halides is 1. The molecule has 0 saturated heterocycles. The van der Waals surface area contributed by atoms with Gasteiger partial charge in [0.05, 0.1) is 0 Å². The van der Waals surface area contributed by atoms with Gasteiger partial charge in [-0.25, -0.2) is 0 Å². The quantitative estimate of drug-likeness (QED) is 0.760. The Hall–Kier alpha value is -0.0500. The van der Waals surface area contributed by atoms with E-state index in [2.05, 4.69) is 21.2 Å². The molecule has 0 spiro atoms. The third-order valence-corrected chi connectivity index (χ3v) is 4.30. The van der Waals surface area contributed by atoms with Gasteiger partial charge in [0.15, 0.2) is 0 Å². The summed E-state index contributed by atoms with van der Waals surface area (Å²) in [5, 5.41) is 4.09. The minimum absolute atomic E-state index is 0.139. The first-order chi connectivity index (χ1) is 6.26. The summed E-state index contributed by atoms with van der Waals surface area (Å²) in [5.74, 6) is 0.617. The van der Waals surface area contributed by atoms with Gasteiger partial charge in [-0.3, -0.25) is 4.79 Å². The number of nitrogens with one attached hydrogen (secondary N) is 1. The topological polar surface area (TPSA) is 29.1 Å². The van der Waals surface area contributed by atoms with Gasteiger partial charge < -0.3 is 5.32 Å². The highest BCUT2D eigenvalue weighted by atomic mass is 79.9. The summed E-state index contributed by atoms with van der Waals surface area (Å²) in [7, 11) is 0. The van der Waals surface area contributed by atoms with Gasteiger partial charge in [0, 0.05) is 16.8 Å². The molecular formula is C10H16BrNO. The molecule has 2 aliphatic carbocycles. The van der Waals surface area contributed by atoms with Crippen molar-refractivity contribution in [2.45, 2.75) is 44.1 Å². The zero-order valence-corrected chi connectivity index (χ0v) is 9.40. The number of hydrogen-bond acceptors (Lipinski definition) is 1. The molecule has 0 aromatic heterocycles. The number of amides is 1. The SMILES string of the molecule is O=C(NC1(CBr)CC1)C1CCCC1. The van der Waals surface area contributed by atoms with Crippen molar-refractivity contribution in [1.29, 1.82) is 0 Å². The van der Waals surface area contributed by atoms with Crippen molar-refractivity contribution in [3.63, 3.8) is 0 Å². The molecule has 2 fully saturated rings. The fraction of sp³-hybridized carbons (Fsp3) is 0.900. The summed E-state index contributed by atoms with van der Waals surface area (Å²) >= 11 is 3.46. The van der Waals surface area contributed by atoms with E-state index in [1.54, 1.807) is 0 Å². The molecule has 0 radical (unpaired) electrons. The molecule has 74 valence electrons. The maximum atomic E-state index is 11.7. The van der Waals surface area contributed by atoms with Crippen molar-refractivity contribution < 1.29 is 4.79 Å². The third-order valence-electron chi connectivity index (χ3n) is 3.22. The monoisotopic (exact) mass is 245 g/mol. The Balaban J connectivity index is 1.84. The van der Waals surface area contributed by atoms with Crippen molar-refractivity contribution in [3.8, 4) is 0 Å². The number of carbonyl (C=O) groups is 1. The number of halogens is 1. The van der Waals surface area contributed by atoms with Crippen LogP contribution in [0.25, 0.3) is 0 Å². The van der Waals surface area contributed by atoms with Crippen LogP contribution in [0.4, 0.5) is 0 Å². The molecule has 1 amide bonds. The number of hydrogen-bond donors (Lipinski definition) is 1.